The summed E-state index contributed by atoms with van der Waals surface area (Å²) in [6, 6.07) is 2.01. The van der Waals surface area contributed by atoms with E-state index in [1.807, 2.05) is 17.2 Å². The number of carbonyl (C=O) groups excluding carboxylic acids is 1. The van der Waals surface area contributed by atoms with Gasteiger partial charge >= 0.3 is 0 Å². The standard InChI is InChI=1S/C18H21N5O/c1-3-4-15(24)23-8-6-18(23)9-13(2)10-22(11-18)17-14-5-7-19-16(14)20-12-21-17/h1,5,7,12-13H,4,6,8-11H2,2H3,(H,19,20,21). The van der Waals surface area contributed by atoms with Crippen molar-refractivity contribution >= 4 is 22.8 Å². The van der Waals surface area contributed by atoms with Crippen molar-refractivity contribution < 1.29 is 4.79 Å². The van der Waals surface area contributed by atoms with Crippen molar-refractivity contribution in [1.29, 1.82) is 0 Å². The molecule has 24 heavy (non-hydrogen) atoms. The Balaban J connectivity index is 1.65. The number of piperidine rings is 1. The highest BCUT2D eigenvalue weighted by Crippen LogP contribution is 2.42. The maximum Gasteiger partial charge on any atom is 0.235 e. The smallest absolute Gasteiger partial charge is 0.235 e. The van der Waals surface area contributed by atoms with Gasteiger partial charge < -0.3 is 14.8 Å². The molecule has 2 unspecified atom stereocenters. The Labute approximate surface area is 141 Å². The number of aromatic nitrogens is 3. The SMILES string of the molecule is C#CCC(=O)N1CCC12CC(C)CN(c1ncnc3[nH]ccc13)C2. The van der Waals surface area contributed by atoms with Crippen LogP contribution >= 0.6 is 0 Å². The monoisotopic (exact) mass is 323 g/mol. The maximum atomic E-state index is 12.4. The predicted octanol–water partition coefficient (Wildman–Crippen LogP) is 1.80. The van der Waals surface area contributed by atoms with Gasteiger partial charge in [-0.3, -0.25) is 4.79 Å². The largest absolute Gasteiger partial charge is 0.353 e. The molecule has 4 heterocycles. The van der Waals surface area contributed by atoms with Crippen molar-refractivity contribution in [3.63, 3.8) is 0 Å². The van der Waals surface area contributed by atoms with Crippen LogP contribution in [-0.2, 0) is 4.79 Å². The first kappa shape index (κ1) is 15.0. The summed E-state index contributed by atoms with van der Waals surface area (Å²) in [6.07, 6.45) is 11.1. The molecule has 1 amide bonds. The summed E-state index contributed by atoms with van der Waals surface area (Å²) >= 11 is 0. The molecule has 2 atom stereocenters. The molecule has 0 aliphatic carbocycles. The number of nitrogens with zero attached hydrogens (tertiary/aromatic N) is 4. The first-order valence-electron chi connectivity index (χ1n) is 8.40. The molecule has 124 valence electrons. The van der Waals surface area contributed by atoms with Crippen LogP contribution in [-0.4, -0.2) is 50.9 Å². The molecule has 2 aliphatic heterocycles. The first-order valence-corrected chi connectivity index (χ1v) is 8.40. The summed E-state index contributed by atoms with van der Waals surface area (Å²) in [6.45, 7) is 4.80. The minimum atomic E-state index is -0.0980. The van der Waals surface area contributed by atoms with Crippen molar-refractivity contribution in [2.75, 3.05) is 24.5 Å². The molecule has 6 heteroatoms. The molecular weight excluding hydrogens is 302 g/mol. The molecule has 0 radical (unpaired) electrons. The molecule has 2 aliphatic rings. The van der Waals surface area contributed by atoms with Gasteiger partial charge in [0, 0.05) is 25.8 Å². The van der Waals surface area contributed by atoms with Gasteiger partial charge in [0.1, 0.15) is 17.8 Å². The van der Waals surface area contributed by atoms with Crippen molar-refractivity contribution in [1.82, 2.24) is 19.9 Å². The summed E-state index contributed by atoms with van der Waals surface area (Å²) in [5.74, 6) is 4.00. The zero-order chi connectivity index (χ0) is 16.7. The van der Waals surface area contributed by atoms with E-state index in [0.717, 1.165) is 49.3 Å². The topological polar surface area (TPSA) is 65.1 Å². The fraction of sp³-hybridized carbons (Fsp3) is 0.500. The zero-order valence-electron chi connectivity index (χ0n) is 13.8. The van der Waals surface area contributed by atoms with E-state index >= 15 is 0 Å². The molecular formula is C18H21N5O. The van der Waals surface area contributed by atoms with Crippen LogP contribution in [0.5, 0.6) is 0 Å². The Morgan fingerprint density at radius 2 is 2.42 bits per heavy atom. The van der Waals surface area contributed by atoms with Crippen LogP contribution in [0.4, 0.5) is 5.82 Å². The number of amides is 1. The lowest BCUT2D eigenvalue weighted by Crippen LogP contribution is -2.69. The molecule has 1 N–H and O–H groups in total. The number of nitrogens with one attached hydrogen (secondary N) is 1. The van der Waals surface area contributed by atoms with Gasteiger partial charge in [-0.25, -0.2) is 9.97 Å². The van der Waals surface area contributed by atoms with Gasteiger partial charge in [-0.15, -0.1) is 6.42 Å². The van der Waals surface area contributed by atoms with Crippen LogP contribution in [0, 0.1) is 18.3 Å². The van der Waals surface area contributed by atoms with Crippen LogP contribution in [0.1, 0.15) is 26.2 Å². The van der Waals surface area contributed by atoms with E-state index in [1.54, 1.807) is 6.33 Å². The highest BCUT2D eigenvalue weighted by Gasteiger charge is 2.51. The number of H-pyrrole nitrogens is 1. The third-order valence-corrected chi connectivity index (χ3v) is 5.31. The van der Waals surface area contributed by atoms with Crippen LogP contribution < -0.4 is 4.90 Å². The highest BCUT2D eigenvalue weighted by atomic mass is 16.2. The molecule has 2 aromatic heterocycles. The quantitative estimate of drug-likeness (QED) is 0.856. The number of hydrogen-bond acceptors (Lipinski definition) is 4. The number of likely N-dealkylation sites (tertiary alicyclic amines) is 1. The summed E-state index contributed by atoms with van der Waals surface area (Å²) in [4.78, 5) is 28.6. The summed E-state index contributed by atoms with van der Waals surface area (Å²) in [7, 11) is 0. The second-order valence-electron chi connectivity index (χ2n) is 7.03. The van der Waals surface area contributed by atoms with Crippen molar-refractivity contribution in [2.24, 2.45) is 5.92 Å². The second kappa shape index (κ2) is 5.52. The second-order valence-corrected chi connectivity index (χ2v) is 7.03. The normalized spacial score (nSPS) is 26.4. The third-order valence-electron chi connectivity index (χ3n) is 5.31. The average molecular weight is 323 g/mol. The Hall–Kier alpha value is -2.55. The number of hydrogen-bond donors (Lipinski definition) is 1. The van der Waals surface area contributed by atoms with Gasteiger partial charge in [0.25, 0.3) is 0 Å². The van der Waals surface area contributed by atoms with E-state index in [2.05, 4.69) is 32.7 Å². The lowest BCUT2D eigenvalue weighted by molar-refractivity contribution is -0.148. The number of carbonyl (C=O) groups is 1. The fourth-order valence-corrected chi connectivity index (χ4v) is 4.33. The lowest BCUT2D eigenvalue weighted by Gasteiger charge is -2.58. The van der Waals surface area contributed by atoms with Gasteiger partial charge in [0.05, 0.1) is 17.3 Å². The van der Waals surface area contributed by atoms with E-state index in [-0.39, 0.29) is 17.9 Å². The number of aromatic amines is 1. The molecule has 1 spiro atoms. The zero-order valence-corrected chi connectivity index (χ0v) is 13.8. The molecule has 0 bridgehead atoms. The van der Waals surface area contributed by atoms with Crippen LogP contribution in [0.25, 0.3) is 11.0 Å². The average Bonchev–Trinajstić information content (AvgIpc) is 3.02. The summed E-state index contributed by atoms with van der Waals surface area (Å²) < 4.78 is 0. The first-order chi connectivity index (χ1) is 11.6. The summed E-state index contributed by atoms with van der Waals surface area (Å²) in [5.41, 5.74) is 0.750. The van der Waals surface area contributed by atoms with E-state index in [4.69, 9.17) is 6.42 Å². The molecule has 4 rings (SSSR count). The number of rotatable bonds is 2. The van der Waals surface area contributed by atoms with Crippen molar-refractivity contribution in [3.8, 4) is 12.3 Å². The van der Waals surface area contributed by atoms with E-state index < -0.39 is 0 Å². The molecule has 2 aromatic rings. The third kappa shape index (κ3) is 2.23. The fourth-order valence-electron chi connectivity index (χ4n) is 4.33. The Kier molecular flexibility index (Phi) is 3.45. The van der Waals surface area contributed by atoms with Gasteiger partial charge in [0.2, 0.25) is 5.91 Å². The minimum absolute atomic E-state index is 0.0762. The molecule has 6 nitrogen and oxygen atoms in total. The van der Waals surface area contributed by atoms with E-state index in [0.29, 0.717) is 5.92 Å². The van der Waals surface area contributed by atoms with Gasteiger partial charge in [-0.05, 0) is 24.8 Å². The van der Waals surface area contributed by atoms with E-state index in [1.165, 1.54) is 0 Å². The minimum Gasteiger partial charge on any atom is -0.353 e. The Morgan fingerprint density at radius 1 is 1.54 bits per heavy atom. The number of terminal acetylenes is 1. The lowest BCUT2D eigenvalue weighted by atomic mass is 9.74. The van der Waals surface area contributed by atoms with Gasteiger partial charge in [-0.2, -0.15) is 0 Å². The number of anilines is 1. The predicted molar refractivity (Wildman–Crippen MR) is 92.4 cm³/mol. The Bertz CT molecular complexity index is 822. The van der Waals surface area contributed by atoms with Gasteiger partial charge in [-0.1, -0.05) is 12.8 Å². The molecule has 2 saturated heterocycles. The Morgan fingerprint density at radius 3 is 3.17 bits per heavy atom. The summed E-state index contributed by atoms with van der Waals surface area (Å²) in [5, 5.41) is 1.03. The van der Waals surface area contributed by atoms with Crippen molar-refractivity contribution in [2.45, 2.75) is 31.7 Å². The van der Waals surface area contributed by atoms with Gasteiger partial charge in [0.15, 0.2) is 0 Å². The van der Waals surface area contributed by atoms with Crippen molar-refractivity contribution in [3.05, 3.63) is 18.6 Å². The molecule has 0 saturated carbocycles. The maximum absolute atomic E-state index is 12.4. The van der Waals surface area contributed by atoms with Crippen LogP contribution in [0.3, 0.4) is 0 Å². The molecule has 0 aromatic carbocycles. The van der Waals surface area contributed by atoms with Crippen LogP contribution in [0.2, 0.25) is 0 Å². The number of fused-ring (bicyclic) bond motifs is 1. The molecule has 2 fully saturated rings. The highest BCUT2D eigenvalue weighted by molar-refractivity contribution is 5.87. The van der Waals surface area contributed by atoms with E-state index in [9.17, 15) is 4.79 Å². The van der Waals surface area contributed by atoms with Crippen LogP contribution in [0.15, 0.2) is 18.6 Å².